The van der Waals surface area contributed by atoms with E-state index in [1.165, 1.54) is 5.56 Å². The molecule has 27 heavy (non-hydrogen) atoms. The van der Waals surface area contributed by atoms with Crippen LogP contribution in [-0.4, -0.2) is 15.8 Å². The number of pyridine rings is 2. The maximum absolute atomic E-state index is 11.4. The lowest BCUT2D eigenvalue weighted by atomic mass is 10.0. The summed E-state index contributed by atoms with van der Waals surface area (Å²) in [5, 5.41) is 2.12. The number of hydrogen-bond donors (Lipinski definition) is 1. The van der Waals surface area contributed by atoms with Gasteiger partial charge < -0.3 is 5.73 Å². The molecular formula is C23H21N3O. The minimum absolute atomic E-state index is 0.0913. The molecular weight excluding hydrogens is 334 g/mol. The van der Waals surface area contributed by atoms with Crippen LogP contribution < -0.4 is 5.73 Å². The summed E-state index contributed by atoms with van der Waals surface area (Å²) >= 11 is 0. The molecule has 4 heteroatoms. The minimum Gasteiger partial charge on any atom is -0.382 e. The van der Waals surface area contributed by atoms with Crippen LogP contribution in [0.15, 0.2) is 54.7 Å². The lowest BCUT2D eigenvalue weighted by Gasteiger charge is -2.09. The molecule has 0 atom stereocenters. The van der Waals surface area contributed by atoms with Crippen molar-refractivity contribution in [3.8, 4) is 0 Å². The summed E-state index contributed by atoms with van der Waals surface area (Å²) < 4.78 is 0. The number of benzene rings is 2. The Kier molecular flexibility index (Phi) is 4.32. The molecule has 134 valence electrons. The summed E-state index contributed by atoms with van der Waals surface area (Å²) in [6.45, 7) is 3.63. The van der Waals surface area contributed by atoms with Crippen LogP contribution in [0.4, 0.5) is 5.82 Å². The molecule has 0 fully saturated rings. The summed E-state index contributed by atoms with van der Waals surface area (Å²) in [4.78, 5) is 20.5. The summed E-state index contributed by atoms with van der Waals surface area (Å²) in [5.41, 5.74) is 12.0. The maximum Gasteiger partial charge on any atom is 0.159 e. The van der Waals surface area contributed by atoms with Gasteiger partial charge in [0.2, 0.25) is 0 Å². The third kappa shape index (κ3) is 3.38. The number of ketones is 1. The number of aromatic nitrogens is 2. The number of carbonyl (C=O) groups excluding carboxylic acids is 1. The van der Waals surface area contributed by atoms with E-state index in [4.69, 9.17) is 5.73 Å². The second-order valence-electron chi connectivity index (χ2n) is 7.01. The van der Waals surface area contributed by atoms with Gasteiger partial charge in [0.15, 0.2) is 11.6 Å². The van der Waals surface area contributed by atoms with Crippen molar-refractivity contribution < 1.29 is 4.79 Å². The Bertz CT molecular complexity index is 1160. The van der Waals surface area contributed by atoms with E-state index in [1.807, 2.05) is 43.5 Å². The largest absolute Gasteiger partial charge is 0.382 e. The highest BCUT2D eigenvalue weighted by molar-refractivity contribution is 6.08. The number of fused-ring (bicyclic) bond motifs is 3. The van der Waals surface area contributed by atoms with Crippen LogP contribution in [0, 0.1) is 6.92 Å². The molecule has 0 aliphatic rings. The molecule has 4 rings (SSSR count). The van der Waals surface area contributed by atoms with E-state index < -0.39 is 0 Å². The Labute approximate surface area is 158 Å². The number of anilines is 1. The monoisotopic (exact) mass is 355 g/mol. The van der Waals surface area contributed by atoms with Crippen LogP contribution in [-0.2, 0) is 12.8 Å². The molecule has 0 amide bonds. The number of hydrogen-bond acceptors (Lipinski definition) is 4. The Hall–Kier alpha value is -3.27. The van der Waals surface area contributed by atoms with Gasteiger partial charge in [0.25, 0.3) is 0 Å². The zero-order valence-corrected chi connectivity index (χ0v) is 15.5. The Morgan fingerprint density at radius 1 is 0.963 bits per heavy atom. The average molecular weight is 355 g/mol. The lowest BCUT2D eigenvalue weighted by Crippen LogP contribution is -1.98. The van der Waals surface area contributed by atoms with Crippen molar-refractivity contribution in [3.63, 3.8) is 0 Å². The van der Waals surface area contributed by atoms with Crippen molar-refractivity contribution in [3.05, 3.63) is 77.0 Å². The first-order chi connectivity index (χ1) is 13.0. The fraction of sp³-hybridized carbons (Fsp3) is 0.174. The summed E-state index contributed by atoms with van der Waals surface area (Å²) in [7, 11) is 0. The molecule has 2 heterocycles. The Morgan fingerprint density at radius 3 is 2.44 bits per heavy atom. The SMILES string of the molecule is CC(=O)c1ccc(CCc2cnc3c(N)nc4cc(C)ccc4c3c2)cc1. The summed E-state index contributed by atoms with van der Waals surface area (Å²) in [6, 6.07) is 16.2. The first-order valence-electron chi connectivity index (χ1n) is 9.05. The Morgan fingerprint density at radius 2 is 1.70 bits per heavy atom. The fourth-order valence-electron chi connectivity index (χ4n) is 3.39. The van der Waals surface area contributed by atoms with E-state index in [9.17, 15) is 4.79 Å². The highest BCUT2D eigenvalue weighted by Gasteiger charge is 2.09. The second-order valence-corrected chi connectivity index (χ2v) is 7.01. The molecule has 0 radical (unpaired) electrons. The highest BCUT2D eigenvalue weighted by atomic mass is 16.1. The van der Waals surface area contributed by atoms with E-state index in [1.54, 1.807) is 6.92 Å². The number of aryl methyl sites for hydroxylation is 3. The van der Waals surface area contributed by atoms with Gasteiger partial charge in [-0.05, 0) is 55.5 Å². The van der Waals surface area contributed by atoms with Crippen molar-refractivity contribution in [1.29, 1.82) is 0 Å². The maximum atomic E-state index is 11.4. The molecule has 0 unspecified atom stereocenters. The number of nitrogen functional groups attached to an aromatic ring is 1. The van der Waals surface area contributed by atoms with Crippen molar-refractivity contribution in [2.75, 3.05) is 5.73 Å². The van der Waals surface area contributed by atoms with Crippen LogP contribution in [0.3, 0.4) is 0 Å². The summed E-state index contributed by atoms with van der Waals surface area (Å²) in [6.07, 6.45) is 3.64. The van der Waals surface area contributed by atoms with Crippen LogP contribution in [0.5, 0.6) is 0 Å². The quantitative estimate of drug-likeness (QED) is 0.427. The molecule has 0 bridgehead atoms. The number of carbonyl (C=O) groups is 1. The minimum atomic E-state index is 0.0913. The van der Waals surface area contributed by atoms with Gasteiger partial charge >= 0.3 is 0 Å². The van der Waals surface area contributed by atoms with Crippen LogP contribution >= 0.6 is 0 Å². The molecule has 0 saturated carbocycles. The van der Waals surface area contributed by atoms with Gasteiger partial charge in [-0.25, -0.2) is 4.98 Å². The van der Waals surface area contributed by atoms with Crippen LogP contribution in [0.2, 0.25) is 0 Å². The molecule has 4 aromatic rings. The molecule has 2 aromatic carbocycles. The van der Waals surface area contributed by atoms with Crippen LogP contribution in [0.1, 0.15) is 34.0 Å². The molecule has 2 aromatic heterocycles. The van der Waals surface area contributed by atoms with Crippen molar-refractivity contribution in [1.82, 2.24) is 9.97 Å². The second kappa shape index (κ2) is 6.80. The number of nitrogens with two attached hydrogens (primary N) is 1. The van der Waals surface area contributed by atoms with Gasteiger partial charge in [0.1, 0.15) is 5.52 Å². The molecule has 4 nitrogen and oxygen atoms in total. The standard InChI is InChI=1S/C23H21N3O/c1-14-3-10-19-20-12-17(13-25-22(20)23(24)26-21(19)11-14)5-4-16-6-8-18(9-7-16)15(2)27/h3,6-13H,4-5H2,1-2H3,(H2,24,26). The van der Waals surface area contributed by atoms with Gasteiger partial charge in [-0.1, -0.05) is 36.4 Å². The molecule has 2 N–H and O–H groups in total. The lowest BCUT2D eigenvalue weighted by molar-refractivity contribution is 0.101. The van der Waals surface area contributed by atoms with E-state index in [0.29, 0.717) is 5.82 Å². The average Bonchev–Trinajstić information content (AvgIpc) is 2.66. The fourth-order valence-corrected chi connectivity index (χ4v) is 3.39. The summed E-state index contributed by atoms with van der Waals surface area (Å²) in [5.74, 6) is 0.558. The van der Waals surface area contributed by atoms with Crippen molar-refractivity contribution in [2.45, 2.75) is 26.7 Å². The normalized spacial score (nSPS) is 11.2. The van der Waals surface area contributed by atoms with E-state index in [-0.39, 0.29) is 5.78 Å². The molecule has 0 saturated heterocycles. The molecule has 0 aliphatic carbocycles. The predicted octanol–water partition coefficient (Wildman–Crippen LogP) is 4.66. The van der Waals surface area contributed by atoms with E-state index in [0.717, 1.165) is 51.3 Å². The molecule has 0 spiro atoms. The number of Topliss-reactive ketones (excluding diaryl/α,β-unsaturated/α-hetero) is 1. The molecule has 0 aliphatic heterocycles. The highest BCUT2D eigenvalue weighted by Crippen LogP contribution is 2.28. The van der Waals surface area contributed by atoms with Crippen molar-refractivity contribution in [2.24, 2.45) is 0 Å². The van der Waals surface area contributed by atoms with Gasteiger partial charge in [-0.3, -0.25) is 9.78 Å². The van der Waals surface area contributed by atoms with Crippen LogP contribution in [0.25, 0.3) is 21.8 Å². The predicted molar refractivity (Wildman–Crippen MR) is 110 cm³/mol. The first-order valence-corrected chi connectivity index (χ1v) is 9.05. The van der Waals surface area contributed by atoms with E-state index >= 15 is 0 Å². The zero-order chi connectivity index (χ0) is 19.0. The van der Waals surface area contributed by atoms with Gasteiger partial charge in [-0.2, -0.15) is 0 Å². The van der Waals surface area contributed by atoms with Gasteiger partial charge in [0, 0.05) is 22.5 Å². The van der Waals surface area contributed by atoms with Crippen molar-refractivity contribution >= 4 is 33.4 Å². The zero-order valence-electron chi connectivity index (χ0n) is 15.5. The van der Waals surface area contributed by atoms with Gasteiger partial charge in [-0.15, -0.1) is 0 Å². The number of nitrogens with zero attached hydrogens (tertiary/aromatic N) is 2. The van der Waals surface area contributed by atoms with Gasteiger partial charge in [0.05, 0.1) is 5.52 Å². The third-order valence-electron chi connectivity index (χ3n) is 4.93. The third-order valence-corrected chi connectivity index (χ3v) is 4.93. The Balaban J connectivity index is 1.66. The first kappa shape index (κ1) is 17.2. The van der Waals surface area contributed by atoms with E-state index in [2.05, 4.69) is 28.2 Å². The topological polar surface area (TPSA) is 68.9 Å². The smallest absolute Gasteiger partial charge is 0.159 e. The number of rotatable bonds is 4.